The summed E-state index contributed by atoms with van der Waals surface area (Å²) in [7, 11) is 1.51. The van der Waals surface area contributed by atoms with Crippen LogP contribution in [0.4, 0.5) is 4.39 Å². The molecule has 2 aromatic rings. The van der Waals surface area contributed by atoms with Crippen LogP contribution in [-0.4, -0.2) is 12.1 Å². The number of benzene rings is 1. The van der Waals surface area contributed by atoms with Gasteiger partial charge in [0, 0.05) is 35.2 Å². The van der Waals surface area contributed by atoms with Crippen molar-refractivity contribution in [1.82, 2.24) is 4.98 Å². The van der Waals surface area contributed by atoms with E-state index >= 15 is 0 Å². The highest BCUT2D eigenvalue weighted by Crippen LogP contribution is 2.24. The van der Waals surface area contributed by atoms with Gasteiger partial charge in [-0.05, 0) is 13.0 Å². The second kappa shape index (κ2) is 5.46. The lowest BCUT2D eigenvalue weighted by Gasteiger charge is -2.12. The molecule has 2 rings (SSSR count). The summed E-state index contributed by atoms with van der Waals surface area (Å²) in [6, 6.07) is 4.34. The summed E-state index contributed by atoms with van der Waals surface area (Å²) in [4.78, 5) is 4.33. The van der Waals surface area contributed by atoms with Gasteiger partial charge in [0.2, 0.25) is 0 Å². The van der Waals surface area contributed by atoms with Crippen LogP contribution in [0, 0.1) is 12.7 Å². The zero-order chi connectivity index (χ0) is 13.1. The van der Waals surface area contributed by atoms with E-state index in [-0.39, 0.29) is 11.9 Å². The molecule has 0 saturated heterocycles. The average Bonchev–Trinajstić information content (AvgIpc) is 2.74. The minimum atomic E-state index is -0.388. The second-order valence-corrected chi connectivity index (χ2v) is 5.02. The van der Waals surface area contributed by atoms with E-state index in [9.17, 15) is 4.39 Å². The number of nitrogens with zero attached hydrogens (tertiary/aromatic N) is 1. The molecule has 0 bridgehead atoms. The van der Waals surface area contributed by atoms with Gasteiger partial charge in [-0.1, -0.05) is 6.07 Å². The van der Waals surface area contributed by atoms with E-state index in [0.29, 0.717) is 17.7 Å². The molecule has 1 atom stereocenters. The zero-order valence-electron chi connectivity index (χ0n) is 10.3. The largest absolute Gasteiger partial charge is 0.497 e. The molecule has 0 spiro atoms. The number of ether oxygens (including phenoxy) is 1. The molecule has 1 unspecified atom stereocenters. The van der Waals surface area contributed by atoms with E-state index in [1.807, 2.05) is 12.3 Å². The summed E-state index contributed by atoms with van der Waals surface area (Å²) in [5, 5.41) is 2.89. The van der Waals surface area contributed by atoms with E-state index in [0.717, 1.165) is 10.7 Å². The monoisotopic (exact) mass is 266 g/mol. The van der Waals surface area contributed by atoms with E-state index in [1.165, 1.54) is 13.2 Å². The van der Waals surface area contributed by atoms with Crippen LogP contribution in [0.5, 0.6) is 5.75 Å². The molecule has 3 nitrogen and oxygen atoms in total. The number of methoxy groups -OCH3 is 1. The molecule has 5 heteroatoms. The van der Waals surface area contributed by atoms with Gasteiger partial charge in [0.15, 0.2) is 0 Å². The number of aryl methyl sites for hydroxylation is 1. The van der Waals surface area contributed by atoms with Crippen LogP contribution >= 0.6 is 11.3 Å². The maximum atomic E-state index is 13.8. The first-order valence-corrected chi connectivity index (χ1v) is 6.48. The molecule has 2 N–H and O–H groups in total. The lowest BCUT2D eigenvalue weighted by Crippen LogP contribution is -2.15. The number of thiazole rings is 1. The number of hydrogen-bond acceptors (Lipinski definition) is 4. The van der Waals surface area contributed by atoms with E-state index < -0.39 is 0 Å². The molecule has 0 amide bonds. The van der Waals surface area contributed by atoms with E-state index in [4.69, 9.17) is 10.5 Å². The highest BCUT2D eigenvalue weighted by Gasteiger charge is 2.14. The SMILES string of the molecule is COc1ccc(C(N)Cc2nc(C)cs2)c(F)c1. The van der Waals surface area contributed by atoms with Gasteiger partial charge in [0.1, 0.15) is 11.6 Å². The fourth-order valence-corrected chi connectivity index (χ4v) is 2.56. The maximum absolute atomic E-state index is 13.8. The molecule has 0 fully saturated rings. The summed E-state index contributed by atoms with van der Waals surface area (Å²) >= 11 is 1.55. The van der Waals surface area contributed by atoms with Crippen LogP contribution in [-0.2, 0) is 6.42 Å². The van der Waals surface area contributed by atoms with Crippen LogP contribution in [0.1, 0.15) is 22.3 Å². The van der Waals surface area contributed by atoms with Crippen molar-refractivity contribution in [3.63, 3.8) is 0 Å². The number of halogens is 1. The Morgan fingerprint density at radius 2 is 2.28 bits per heavy atom. The van der Waals surface area contributed by atoms with E-state index in [1.54, 1.807) is 23.5 Å². The quantitative estimate of drug-likeness (QED) is 0.925. The molecule has 0 aliphatic rings. The van der Waals surface area contributed by atoms with Crippen molar-refractivity contribution >= 4 is 11.3 Å². The number of rotatable bonds is 4. The molecule has 0 aliphatic carbocycles. The van der Waals surface area contributed by atoms with Crippen LogP contribution in [0.3, 0.4) is 0 Å². The Morgan fingerprint density at radius 3 is 2.83 bits per heavy atom. The Hall–Kier alpha value is -1.46. The van der Waals surface area contributed by atoms with Gasteiger partial charge >= 0.3 is 0 Å². The number of hydrogen-bond donors (Lipinski definition) is 1. The second-order valence-electron chi connectivity index (χ2n) is 4.08. The molecular weight excluding hydrogens is 251 g/mol. The van der Waals surface area contributed by atoms with E-state index in [2.05, 4.69) is 4.98 Å². The number of nitrogens with two attached hydrogens (primary N) is 1. The van der Waals surface area contributed by atoms with Gasteiger partial charge in [-0.2, -0.15) is 0 Å². The van der Waals surface area contributed by atoms with Crippen molar-refractivity contribution in [2.24, 2.45) is 5.73 Å². The molecule has 0 aliphatic heterocycles. The molecule has 96 valence electrons. The fraction of sp³-hybridized carbons (Fsp3) is 0.308. The Morgan fingerprint density at radius 1 is 1.50 bits per heavy atom. The van der Waals surface area contributed by atoms with Gasteiger partial charge in [0.05, 0.1) is 12.1 Å². The average molecular weight is 266 g/mol. The zero-order valence-corrected chi connectivity index (χ0v) is 11.1. The van der Waals surface area contributed by atoms with Crippen molar-refractivity contribution in [2.45, 2.75) is 19.4 Å². The first-order chi connectivity index (χ1) is 8.60. The van der Waals surface area contributed by atoms with Gasteiger partial charge in [-0.25, -0.2) is 9.37 Å². The minimum Gasteiger partial charge on any atom is -0.497 e. The number of aromatic nitrogens is 1. The van der Waals surface area contributed by atoms with Crippen LogP contribution in [0.25, 0.3) is 0 Å². The summed E-state index contributed by atoms with van der Waals surface area (Å²) < 4.78 is 18.8. The lowest BCUT2D eigenvalue weighted by molar-refractivity contribution is 0.410. The third-order valence-corrected chi connectivity index (χ3v) is 3.66. The third-order valence-electron chi connectivity index (χ3n) is 2.67. The van der Waals surface area contributed by atoms with Crippen molar-refractivity contribution in [2.75, 3.05) is 7.11 Å². The predicted octanol–water partition coefficient (Wildman–Crippen LogP) is 2.84. The van der Waals surface area contributed by atoms with Gasteiger partial charge in [0.25, 0.3) is 0 Å². The molecule has 1 heterocycles. The van der Waals surface area contributed by atoms with Crippen LogP contribution in [0.15, 0.2) is 23.6 Å². The molecule has 18 heavy (non-hydrogen) atoms. The predicted molar refractivity (Wildman–Crippen MR) is 70.4 cm³/mol. The first kappa shape index (κ1) is 13.0. The Labute approximate surface area is 109 Å². The van der Waals surface area contributed by atoms with Gasteiger partial charge in [-0.15, -0.1) is 11.3 Å². The normalized spacial score (nSPS) is 12.4. The highest BCUT2D eigenvalue weighted by atomic mass is 32.1. The van der Waals surface area contributed by atoms with Crippen molar-refractivity contribution < 1.29 is 9.13 Å². The molecule has 0 saturated carbocycles. The Bertz CT molecular complexity index is 542. The summed E-state index contributed by atoms with van der Waals surface area (Å²) in [6.45, 7) is 1.93. The van der Waals surface area contributed by atoms with Gasteiger partial charge in [-0.3, -0.25) is 0 Å². The summed E-state index contributed by atoms with van der Waals surface area (Å²) in [6.07, 6.45) is 0.543. The molecule has 0 radical (unpaired) electrons. The van der Waals surface area contributed by atoms with Crippen molar-refractivity contribution in [3.8, 4) is 5.75 Å². The Kier molecular flexibility index (Phi) is 3.93. The topological polar surface area (TPSA) is 48.1 Å². The summed E-state index contributed by atoms with van der Waals surface area (Å²) in [5.74, 6) is 0.156. The summed E-state index contributed by atoms with van der Waals surface area (Å²) in [5.41, 5.74) is 7.47. The lowest BCUT2D eigenvalue weighted by atomic mass is 10.0. The van der Waals surface area contributed by atoms with Crippen molar-refractivity contribution in [1.29, 1.82) is 0 Å². The third kappa shape index (κ3) is 2.86. The van der Waals surface area contributed by atoms with Gasteiger partial charge < -0.3 is 10.5 Å². The Balaban J connectivity index is 2.15. The maximum Gasteiger partial charge on any atom is 0.131 e. The highest BCUT2D eigenvalue weighted by molar-refractivity contribution is 7.09. The molecule has 1 aromatic carbocycles. The van der Waals surface area contributed by atoms with Crippen LogP contribution in [0.2, 0.25) is 0 Å². The fourth-order valence-electron chi connectivity index (χ4n) is 1.73. The standard InChI is InChI=1S/C13H15FN2OS/c1-8-7-18-13(16-8)6-12(15)10-4-3-9(17-2)5-11(10)14/h3-5,7,12H,6,15H2,1-2H3. The first-order valence-electron chi connectivity index (χ1n) is 5.60. The molecular formula is C13H15FN2OS. The minimum absolute atomic E-state index is 0.338. The van der Waals surface area contributed by atoms with Crippen molar-refractivity contribution in [3.05, 3.63) is 45.7 Å². The smallest absolute Gasteiger partial charge is 0.131 e. The molecule has 1 aromatic heterocycles. The van der Waals surface area contributed by atoms with Crippen LogP contribution < -0.4 is 10.5 Å².